The van der Waals surface area contributed by atoms with E-state index in [4.69, 9.17) is 4.74 Å². The predicted molar refractivity (Wildman–Crippen MR) is 69.1 cm³/mol. The van der Waals surface area contributed by atoms with Crippen LogP contribution in [0.2, 0.25) is 0 Å². The first-order valence-electron chi connectivity index (χ1n) is 6.86. The highest BCUT2D eigenvalue weighted by atomic mass is 16.6. The van der Waals surface area contributed by atoms with E-state index in [-0.39, 0.29) is 35.9 Å². The van der Waals surface area contributed by atoms with E-state index >= 15 is 0 Å². The molecule has 1 unspecified atom stereocenters. The molecule has 5 atom stereocenters. The summed E-state index contributed by atoms with van der Waals surface area (Å²) >= 11 is 0. The molecule has 4 heteroatoms. The maximum Gasteiger partial charge on any atom is 0.334 e. The molecule has 1 aliphatic heterocycles. The number of aliphatic hydroxyl groups excluding tert-OH is 2. The van der Waals surface area contributed by atoms with Crippen LogP contribution in [0, 0.1) is 17.3 Å². The average Bonchev–Trinajstić information content (AvgIpc) is 2.67. The second-order valence-corrected chi connectivity index (χ2v) is 6.21. The minimum absolute atomic E-state index is 0.0332. The Balaban J connectivity index is 2.03. The highest BCUT2D eigenvalue weighted by Gasteiger charge is 2.57. The van der Waals surface area contributed by atoms with E-state index in [1.165, 1.54) is 0 Å². The van der Waals surface area contributed by atoms with Gasteiger partial charge in [0, 0.05) is 22.8 Å². The summed E-state index contributed by atoms with van der Waals surface area (Å²) in [5.41, 5.74) is 1.12. The molecule has 3 rings (SSSR count). The van der Waals surface area contributed by atoms with Crippen LogP contribution in [-0.2, 0) is 9.53 Å². The van der Waals surface area contributed by atoms with Gasteiger partial charge in [0.15, 0.2) is 0 Å². The van der Waals surface area contributed by atoms with Crippen LogP contribution in [0.4, 0.5) is 0 Å². The summed E-state index contributed by atoms with van der Waals surface area (Å²) in [6, 6.07) is 0. The molecular weight excluding hydrogens is 244 g/mol. The lowest BCUT2D eigenvalue weighted by Crippen LogP contribution is -2.53. The number of carbonyl (C=O) groups is 1. The monoisotopic (exact) mass is 264 g/mol. The highest BCUT2D eigenvalue weighted by molar-refractivity contribution is 5.91. The van der Waals surface area contributed by atoms with Crippen molar-refractivity contribution in [3.05, 3.63) is 23.8 Å². The van der Waals surface area contributed by atoms with Crippen molar-refractivity contribution in [1.29, 1.82) is 0 Å². The molecule has 3 aliphatic rings. The minimum Gasteiger partial charge on any atom is -0.458 e. The number of ether oxygens (including phenoxy) is 1. The maximum atomic E-state index is 11.7. The van der Waals surface area contributed by atoms with E-state index in [1.807, 2.05) is 13.0 Å². The summed E-state index contributed by atoms with van der Waals surface area (Å²) in [6.07, 6.45) is 3.39. The van der Waals surface area contributed by atoms with E-state index in [1.54, 1.807) is 0 Å². The number of fused-ring (bicyclic) bond motifs is 3. The van der Waals surface area contributed by atoms with Crippen LogP contribution in [0.5, 0.6) is 0 Å². The summed E-state index contributed by atoms with van der Waals surface area (Å²) in [7, 11) is 0. The van der Waals surface area contributed by atoms with E-state index < -0.39 is 6.10 Å². The van der Waals surface area contributed by atoms with Gasteiger partial charge in [-0.25, -0.2) is 4.79 Å². The Labute approximate surface area is 112 Å². The van der Waals surface area contributed by atoms with Gasteiger partial charge in [-0.1, -0.05) is 19.6 Å². The molecular formula is C15H20O4. The van der Waals surface area contributed by atoms with Crippen LogP contribution in [0.25, 0.3) is 0 Å². The van der Waals surface area contributed by atoms with Crippen LogP contribution in [0.1, 0.15) is 26.2 Å². The highest BCUT2D eigenvalue weighted by Crippen LogP contribution is 2.56. The molecule has 1 saturated carbocycles. The zero-order chi connectivity index (χ0) is 13.8. The predicted octanol–water partition coefficient (Wildman–Crippen LogP) is 1.18. The van der Waals surface area contributed by atoms with Gasteiger partial charge in [-0.15, -0.1) is 0 Å². The maximum absolute atomic E-state index is 11.7. The fourth-order valence-corrected chi connectivity index (χ4v) is 4.10. The summed E-state index contributed by atoms with van der Waals surface area (Å²) in [5.74, 6) is -0.384. The number of rotatable bonds is 1. The lowest BCUT2D eigenvalue weighted by Gasteiger charge is -2.51. The molecule has 4 nitrogen and oxygen atoms in total. The quantitative estimate of drug-likeness (QED) is 0.424. The van der Waals surface area contributed by atoms with Crippen LogP contribution < -0.4 is 0 Å². The summed E-state index contributed by atoms with van der Waals surface area (Å²) in [5, 5.41) is 19.9. The normalized spacial score (nSPS) is 45.3. The third-order valence-electron chi connectivity index (χ3n) is 5.33. The standard InChI is InChI=1S/C15H20O4/c1-8-10-5-6-15(2)11(17)4-3-9(7-16)12(15)13(10)19-14(8)18/h3,10-13,16-17H,1,4-7H2,2H3/t10-,11+,12?,13-,15-/m0/s1. The van der Waals surface area contributed by atoms with E-state index in [2.05, 4.69) is 6.58 Å². The molecule has 1 saturated heterocycles. The van der Waals surface area contributed by atoms with Gasteiger partial charge in [0.25, 0.3) is 0 Å². The molecule has 0 aromatic carbocycles. The van der Waals surface area contributed by atoms with Gasteiger partial charge in [0.05, 0.1) is 12.7 Å². The first kappa shape index (κ1) is 12.9. The third kappa shape index (κ3) is 1.63. The topological polar surface area (TPSA) is 66.8 Å². The summed E-state index contributed by atoms with van der Waals surface area (Å²) in [4.78, 5) is 11.7. The molecule has 0 aromatic heterocycles. The largest absolute Gasteiger partial charge is 0.458 e. The Morgan fingerprint density at radius 2 is 2.32 bits per heavy atom. The number of hydrogen-bond acceptors (Lipinski definition) is 4. The molecule has 0 spiro atoms. The number of carbonyl (C=O) groups excluding carboxylic acids is 1. The van der Waals surface area contributed by atoms with Crippen LogP contribution in [0.3, 0.4) is 0 Å². The fourth-order valence-electron chi connectivity index (χ4n) is 4.10. The average molecular weight is 264 g/mol. The second-order valence-electron chi connectivity index (χ2n) is 6.21. The zero-order valence-electron chi connectivity index (χ0n) is 11.1. The van der Waals surface area contributed by atoms with E-state index in [9.17, 15) is 15.0 Å². The molecule has 0 bridgehead atoms. The Hall–Kier alpha value is -1.13. The van der Waals surface area contributed by atoms with Crippen molar-refractivity contribution in [1.82, 2.24) is 0 Å². The van der Waals surface area contributed by atoms with E-state index in [0.29, 0.717) is 12.0 Å². The van der Waals surface area contributed by atoms with Gasteiger partial charge < -0.3 is 14.9 Å². The van der Waals surface area contributed by atoms with Gasteiger partial charge >= 0.3 is 5.97 Å². The lowest BCUT2D eigenvalue weighted by molar-refractivity contribution is -0.149. The minimum atomic E-state index is -0.443. The first-order valence-corrected chi connectivity index (χ1v) is 6.86. The lowest BCUT2D eigenvalue weighted by atomic mass is 9.55. The molecule has 1 heterocycles. The van der Waals surface area contributed by atoms with Crippen LogP contribution in [0.15, 0.2) is 23.8 Å². The number of hydrogen-bond donors (Lipinski definition) is 2. The van der Waals surface area contributed by atoms with Crippen molar-refractivity contribution in [3.8, 4) is 0 Å². The van der Waals surface area contributed by atoms with Gasteiger partial charge in [-0.2, -0.15) is 0 Å². The molecule has 2 aliphatic carbocycles. The molecule has 2 N–H and O–H groups in total. The van der Waals surface area contributed by atoms with Crippen molar-refractivity contribution >= 4 is 5.97 Å². The van der Waals surface area contributed by atoms with Crippen LogP contribution in [-0.4, -0.2) is 35.0 Å². The third-order valence-corrected chi connectivity index (χ3v) is 5.33. The Morgan fingerprint density at radius 1 is 1.58 bits per heavy atom. The molecule has 19 heavy (non-hydrogen) atoms. The van der Waals surface area contributed by atoms with Crippen LogP contribution >= 0.6 is 0 Å². The van der Waals surface area contributed by atoms with Crippen molar-refractivity contribution in [2.75, 3.05) is 6.61 Å². The van der Waals surface area contributed by atoms with Crippen molar-refractivity contribution in [2.45, 2.75) is 38.4 Å². The van der Waals surface area contributed by atoms with Crippen molar-refractivity contribution in [2.24, 2.45) is 17.3 Å². The van der Waals surface area contributed by atoms with Gasteiger partial charge in [-0.05, 0) is 24.8 Å². The Kier molecular flexibility index (Phi) is 2.84. The molecule has 0 aromatic rings. The second kappa shape index (κ2) is 4.18. The molecule has 104 valence electrons. The SMILES string of the molecule is C=C1C(=O)O[C@@H]2C3C(CO)=CC[C@@H](O)[C@]3(C)CC[C@@H]12. The van der Waals surface area contributed by atoms with E-state index in [0.717, 1.165) is 18.4 Å². The van der Waals surface area contributed by atoms with Gasteiger partial charge in [0.1, 0.15) is 6.10 Å². The van der Waals surface area contributed by atoms with Crippen molar-refractivity contribution in [3.63, 3.8) is 0 Å². The molecule has 2 fully saturated rings. The Morgan fingerprint density at radius 3 is 3.00 bits per heavy atom. The first-order chi connectivity index (χ1) is 8.99. The summed E-state index contributed by atoms with van der Waals surface area (Å²) in [6.45, 7) is 5.83. The smallest absolute Gasteiger partial charge is 0.334 e. The van der Waals surface area contributed by atoms with Gasteiger partial charge in [0.2, 0.25) is 0 Å². The number of esters is 1. The fraction of sp³-hybridized carbons (Fsp3) is 0.667. The molecule has 0 amide bonds. The molecule has 0 radical (unpaired) electrons. The number of aliphatic hydroxyl groups is 2. The Bertz CT molecular complexity index is 467. The van der Waals surface area contributed by atoms with Crippen molar-refractivity contribution < 1.29 is 19.7 Å². The zero-order valence-corrected chi connectivity index (χ0v) is 11.1. The van der Waals surface area contributed by atoms with Gasteiger partial charge in [-0.3, -0.25) is 0 Å². The summed E-state index contributed by atoms with van der Waals surface area (Å²) < 4.78 is 5.49.